The van der Waals surface area contributed by atoms with Gasteiger partial charge in [0.25, 0.3) is 0 Å². The van der Waals surface area contributed by atoms with E-state index in [0.29, 0.717) is 56.3 Å². The molecule has 1 fully saturated rings. The maximum absolute atomic E-state index is 12.6. The van der Waals surface area contributed by atoms with Crippen molar-refractivity contribution >= 4 is 12.0 Å². The molecule has 0 radical (unpaired) electrons. The Bertz CT molecular complexity index is 773. The van der Waals surface area contributed by atoms with E-state index in [2.05, 4.69) is 15.5 Å². The van der Waals surface area contributed by atoms with Crippen LogP contribution in [0.3, 0.4) is 0 Å². The summed E-state index contributed by atoms with van der Waals surface area (Å²) in [4.78, 5) is 27.0. The highest BCUT2D eigenvalue weighted by Gasteiger charge is 2.34. The Labute approximate surface area is 163 Å². The molecule has 9 heteroatoms. The predicted molar refractivity (Wildman–Crippen MR) is 100.0 cm³/mol. The number of morpholine rings is 1. The number of rotatable bonds is 6. The molecule has 0 saturated carbocycles. The fraction of sp³-hybridized carbons (Fsp3) is 0.474. The molecule has 1 saturated heterocycles. The number of benzene rings is 1. The van der Waals surface area contributed by atoms with Gasteiger partial charge in [0, 0.05) is 25.3 Å². The Balaban J connectivity index is 1.99. The number of ether oxygens (including phenoxy) is 3. The second-order valence-corrected chi connectivity index (χ2v) is 6.46. The SMILES string of the molecule is CCOc1cc(C2NC(=O)NC(CN3CCOCC3)=C2C(=O)OC)ccc1O. The first kappa shape index (κ1) is 20.0. The van der Waals surface area contributed by atoms with Gasteiger partial charge < -0.3 is 30.0 Å². The molecule has 0 aliphatic carbocycles. The quantitative estimate of drug-likeness (QED) is 0.618. The summed E-state index contributed by atoms with van der Waals surface area (Å²) >= 11 is 0. The number of phenolic OH excluding ortho intramolecular Hbond substituents is 1. The highest BCUT2D eigenvalue weighted by molar-refractivity contribution is 5.95. The van der Waals surface area contributed by atoms with E-state index < -0.39 is 18.0 Å². The van der Waals surface area contributed by atoms with Crippen LogP contribution in [0.1, 0.15) is 18.5 Å². The van der Waals surface area contributed by atoms with Gasteiger partial charge in [-0.15, -0.1) is 0 Å². The largest absolute Gasteiger partial charge is 0.504 e. The lowest BCUT2D eigenvalue weighted by atomic mass is 9.94. The number of methoxy groups -OCH3 is 1. The Kier molecular flexibility index (Phi) is 6.37. The normalized spacial score (nSPS) is 20.4. The van der Waals surface area contributed by atoms with Crippen LogP contribution in [-0.4, -0.2) is 68.6 Å². The molecule has 2 heterocycles. The first-order chi connectivity index (χ1) is 13.5. The lowest BCUT2D eigenvalue weighted by Gasteiger charge is -2.33. The van der Waals surface area contributed by atoms with Crippen LogP contribution in [0, 0.1) is 0 Å². The Morgan fingerprint density at radius 2 is 2.11 bits per heavy atom. The highest BCUT2D eigenvalue weighted by atomic mass is 16.5. The van der Waals surface area contributed by atoms with Gasteiger partial charge in [0.1, 0.15) is 0 Å². The second-order valence-electron chi connectivity index (χ2n) is 6.46. The highest BCUT2D eigenvalue weighted by Crippen LogP contribution is 2.34. The Morgan fingerprint density at radius 3 is 2.79 bits per heavy atom. The minimum Gasteiger partial charge on any atom is -0.504 e. The number of urea groups is 1. The first-order valence-electron chi connectivity index (χ1n) is 9.18. The van der Waals surface area contributed by atoms with Gasteiger partial charge in [0.2, 0.25) is 0 Å². The molecule has 0 bridgehead atoms. The molecule has 2 aliphatic heterocycles. The van der Waals surface area contributed by atoms with E-state index in [1.54, 1.807) is 19.1 Å². The maximum atomic E-state index is 12.6. The number of hydrogen-bond acceptors (Lipinski definition) is 7. The van der Waals surface area contributed by atoms with Crippen molar-refractivity contribution in [2.75, 3.05) is 46.6 Å². The van der Waals surface area contributed by atoms with Crippen molar-refractivity contribution in [3.8, 4) is 11.5 Å². The number of nitrogens with one attached hydrogen (secondary N) is 2. The summed E-state index contributed by atoms with van der Waals surface area (Å²) < 4.78 is 15.8. The van der Waals surface area contributed by atoms with Crippen LogP contribution >= 0.6 is 0 Å². The number of nitrogens with zero attached hydrogens (tertiary/aromatic N) is 1. The molecule has 2 aliphatic rings. The summed E-state index contributed by atoms with van der Waals surface area (Å²) in [6.45, 7) is 5.20. The summed E-state index contributed by atoms with van der Waals surface area (Å²) in [7, 11) is 1.30. The zero-order valence-corrected chi connectivity index (χ0v) is 16.0. The molecular weight excluding hydrogens is 366 g/mol. The van der Waals surface area contributed by atoms with Crippen molar-refractivity contribution in [1.29, 1.82) is 0 Å². The molecule has 1 aromatic carbocycles. The van der Waals surface area contributed by atoms with E-state index in [0.717, 1.165) is 0 Å². The number of esters is 1. The fourth-order valence-electron chi connectivity index (χ4n) is 3.31. The van der Waals surface area contributed by atoms with Gasteiger partial charge >= 0.3 is 12.0 Å². The van der Waals surface area contributed by atoms with Gasteiger partial charge in [-0.3, -0.25) is 4.90 Å². The molecule has 3 N–H and O–H groups in total. The lowest BCUT2D eigenvalue weighted by molar-refractivity contribution is -0.136. The van der Waals surface area contributed by atoms with E-state index in [-0.39, 0.29) is 11.5 Å². The Hall–Kier alpha value is -2.78. The van der Waals surface area contributed by atoms with Crippen molar-refractivity contribution in [1.82, 2.24) is 15.5 Å². The van der Waals surface area contributed by atoms with Gasteiger partial charge in [-0.2, -0.15) is 0 Å². The van der Waals surface area contributed by atoms with E-state index >= 15 is 0 Å². The summed E-state index contributed by atoms with van der Waals surface area (Å²) in [6, 6.07) is 3.60. The molecule has 28 heavy (non-hydrogen) atoms. The van der Waals surface area contributed by atoms with Gasteiger partial charge in [-0.05, 0) is 24.6 Å². The molecule has 152 valence electrons. The van der Waals surface area contributed by atoms with Gasteiger partial charge in [0.05, 0.1) is 38.5 Å². The molecule has 3 rings (SSSR count). The maximum Gasteiger partial charge on any atom is 0.338 e. The van der Waals surface area contributed by atoms with E-state index in [9.17, 15) is 14.7 Å². The third-order valence-electron chi connectivity index (χ3n) is 4.66. The summed E-state index contributed by atoms with van der Waals surface area (Å²) in [5, 5.41) is 15.5. The number of aromatic hydroxyl groups is 1. The van der Waals surface area contributed by atoms with Crippen molar-refractivity contribution in [3.63, 3.8) is 0 Å². The molecule has 1 atom stereocenters. The number of hydrogen-bond donors (Lipinski definition) is 3. The number of carbonyl (C=O) groups excluding carboxylic acids is 2. The van der Waals surface area contributed by atoms with Crippen LogP contribution in [0.4, 0.5) is 4.79 Å². The lowest BCUT2D eigenvalue weighted by Crippen LogP contribution is -2.49. The monoisotopic (exact) mass is 391 g/mol. The van der Waals surface area contributed by atoms with Crippen molar-refractivity contribution in [2.45, 2.75) is 13.0 Å². The predicted octanol–water partition coefficient (Wildman–Crippen LogP) is 0.904. The second kappa shape index (κ2) is 8.94. The van der Waals surface area contributed by atoms with E-state index in [1.807, 2.05) is 0 Å². The molecule has 0 spiro atoms. The molecule has 1 aromatic rings. The zero-order valence-electron chi connectivity index (χ0n) is 16.0. The van der Waals surface area contributed by atoms with Crippen LogP contribution < -0.4 is 15.4 Å². The van der Waals surface area contributed by atoms with Gasteiger partial charge in [0.15, 0.2) is 11.5 Å². The summed E-state index contributed by atoms with van der Waals surface area (Å²) in [5.41, 5.74) is 1.42. The van der Waals surface area contributed by atoms with Crippen LogP contribution in [0.5, 0.6) is 11.5 Å². The third kappa shape index (κ3) is 4.37. The third-order valence-corrected chi connectivity index (χ3v) is 4.66. The van der Waals surface area contributed by atoms with E-state index in [4.69, 9.17) is 14.2 Å². The zero-order chi connectivity index (χ0) is 20.1. The standard InChI is InChI=1S/C19H25N3O6/c1-3-28-15-10-12(4-5-14(15)23)17-16(18(24)26-2)13(20-19(25)21-17)11-22-6-8-27-9-7-22/h4-5,10,17,23H,3,6-9,11H2,1-2H3,(H2,20,21,25). The van der Waals surface area contributed by atoms with Crippen molar-refractivity contribution in [2.24, 2.45) is 0 Å². The van der Waals surface area contributed by atoms with E-state index in [1.165, 1.54) is 13.2 Å². The minimum atomic E-state index is -0.725. The van der Waals surface area contributed by atoms with Crippen LogP contribution in [0.25, 0.3) is 0 Å². The number of phenols is 1. The van der Waals surface area contributed by atoms with Crippen LogP contribution in [0.15, 0.2) is 29.5 Å². The molecule has 9 nitrogen and oxygen atoms in total. The van der Waals surface area contributed by atoms with Crippen molar-refractivity contribution < 1.29 is 28.9 Å². The first-order valence-corrected chi connectivity index (χ1v) is 9.18. The van der Waals surface area contributed by atoms with Crippen LogP contribution in [-0.2, 0) is 14.3 Å². The van der Waals surface area contributed by atoms with Crippen LogP contribution in [0.2, 0.25) is 0 Å². The molecular formula is C19H25N3O6. The average Bonchev–Trinajstić information content (AvgIpc) is 2.69. The fourth-order valence-corrected chi connectivity index (χ4v) is 3.31. The average molecular weight is 391 g/mol. The summed E-state index contributed by atoms with van der Waals surface area (Å²) in [6.07, 6.45) is 0. The molecule has 0 aromatic heterocycles. The van der Waals surface area contributed by atoms with Gasteiger partial charge in [-0.25, -0.2) is 9.59 Å². The number of carbonyl (C=O) groups is 2. The van der Waals surface area contributed by atoms with Gasteiger partial charge in [-0.1, -0.05) is 6.07 Å². The minimum absolute atomic E-state index is 0.0111. The number of amides is 2. The summed E-state index contributed by atoms with van der Waals surface area (Å²) in [5.74, 6) is -0.262. The smallest absolute Gasteiger partial charge is 0.338 e. The topological polar surface area (TPSA) is 109 Å². The van der Waals surface area contributed by atoms with Crippen molar-refractivity contribution in [3.05, 3.63) is 35.0 Å². The molecule has 1 unspecified atom stereocenters. The Morgan fingerprint density at radius 1 is 1.36 bits per heavy atom. The molecule has 2 amide bonds.